The molecule has 0 fully saturated rings. The first-order valence-corrected chi connectivity index (χ1v) is 8.00. The van der Waals surface area contributed by atoms with Gasteiger partial charge in [0.2, 0.25) is 0 Å². The molecule has 22 heavy (non-hydrogen) atoms. The van der Waals surface area contributed by atoms with Crippen LogP contribution in [0.15, 0.2) is 42.5 Å². The summed E-state index contributed by atoms with van der Waals surface area (Å²) in [6.07, 6.45) is 0.838. The molecule has 0 aliphatic rings. The summed E-state index contributed by atoms with van der Waals surface area (Å²) < 4.78 is 2.16. The Morgan fingerprint density at radius 2 is 1.91 bits per heavy atom. The number of hydrogen-bond acceptors (Lipinski definition) is 2. The summed E-state index contributed by atoms with van der Waals surface area (Å²) in [5.74, 6) is 0.898. The number of fused-ring (bicyclic) bond motifs is 1. The number of halogens is 2. The molecule has 1 aromatic heterocycles. The summed E-state index contributed by atoms with van der Waals surface area (Å²) in [7, 11) is 0. The maximum absolute atomic E-state index is 6.24. The highest BCUT2D eigenvalue weighted by Gasteiger charge is 2.16. The zero-order valence-corrected chi connectivity index (χ0v) is 13.8. The number of hydrogen-bond donors (Lipinski definition) is 1. The number of para-hydroxylation sites is 2. The predicted octanol–water partition coefficient (Wildman–Crippen LogP) is 4.80. The standard InChI is InChI=1S/C17H17Cl2N3/c1-2-14(20)17-21-15-5-3-4-6-16(15)22(17)10-11-7-8-12(18)13(19)9-11/h3-9,14H,2,10,20H2,1H3/t14-/m0/s1. The Hall–Kier alpha value is -1.55. The highest BCUT2D eigenvalue weighted by Crippen LogP contribution is 2.26. The molecule has 0 spiro atoms. The molecule has 0 amide bonds. The van der Waals surface area contributed by atoms with Crippen molar-refractivity contribution in [3.63, 3.8) is 0 Å². The summed E-state index contributed by atoms with van der Waals surface area (Å²) >= 11 is 12.1. The second-order valence-electron chi connectivity index (χ2n) is 5.31. The average molecular weight is 334 g/mol. The van der Waals surface area contributed by atoms with Gasteiger partial charge in [0, 0.05) is 6.54 Å². The van der Waals surface area contributed by atoms with Gasteiger partial charge in [0.05, 0.1) is 27.1 Å². The van der Waals surface area contributed by atoms with E-state index in [1.807, 2.05) is 36.4 Å². The molecule has 0 saturated heterocycles. The molecule has 2 aromatic carbocycles. The molecular formula is C17H17Cl2N3. The van der Waals surface area contributed by atoms with E-state index in [1.165, 1.54) is 0 Å². The Labute approximate surface area is 139 Å². The molecule has 1 atom stereocenters. The fraction of sp³-hybridized carbons (Fsp3) is 0.235. The first-order valence-electron chi connectivity index (χ1n) is 7.24. The zero-order chi connectivity index (χ0) is 15.7. The lowest BCUT2D eigenvalue weighted by atomic mass is 10.2. The molecule has 3 nitrogen and oxygen atoms in total. The van der Waals surface area contributed by atoms with Crippen LogP contribution in [0.1, 0.15) is 30.8 Å². The minimum Gasteiger partial charge on any atom is -0.322 e. The van der Waals surface area contributed by atoms with E-state index >= 15 is 0 Å². The highest BCUT2D eigenvalue weighted by atomic mass is 35.5. The van der Waals surface area contributed by atoms with Gasteiger partial charge in [-0.05, 0) is 36.2 Å². The van der Waals surface area contributed by atoms with Crippen molar-refractivity contribution in [3.05, 3.63) is 63.9 Å². The van der Waals surface area contributed by atoms with E-state index in [0.29, 0.717) is 16.6 Å². The van der Waals surface area contributed by atoms with Crippen LogP contribution in [0.4, 0.5) is 0 Å². The van der Waals surface area contributed by atoms with E-state index in [1.54, 1.807) is 0 Å². The molecule has 0 unspecified atom stereocenters. The summed E-state index contributed by atoms with van der Waals surface area (Å²) in [6, 6.07) is 13.7. The van der Waals surface area contributed by atoms with Gasteiger partial charge in [0.25, 0.3) is 0 Å². The van der Waals surface area contributed by atoms with E-state index in [2.05, 4.69) is 17.6 Å². The SMILES string of the molecule is CC[C@H](N)c1nc2ccccc2n1Cc1ccc(Cl)c(Cl)c1. The van der Waals surface area contributed by atoms with E-state index < -0.39 is 0 Å². The van der Waals surface area contributed by atoms with Crippen LogP contribution in [0, 0.1) is 0 Å². The van der Waals surface area contributed by atoms with Gasteiger partial charge >= 0.3 is 0 Å². The van der Waals surface area contributed by atoms with Crippen LogP contribution in [-0.4, -0.2) is 9.55 Å². The van der Waals surface area contributed by atoms with Crippen LogP contribution in [0.25, 0.3) is 11.0 Å². The van der Waals surface area contributed by atoms with Crippen LogP contribution in [0.5, 0.6) is 0 Å². The van der Waals surface area contributed by atoms with E-state index in [9.17, 15) is 0 Å². The van der Waals surface area contributed by atoms with Crippen molar-refractivity contribution in [2.75, 3.05) is 0 Å². The Morgan fingerprint density at radius 1 is 1.14 bits per heavy atom. The topological polar surface area (TPSA) is 43.8 Å². The molecule has 0 bridgehead atoms. The maximum atomic E-state index is 6.24. The van der Waals surface area contributed by atoms with Gasteiger partial charge in [-0.3, -0.25) is 0 Å². The van der Waals surface area contributed by atoms with Crippen molar-refractivity contribution in [1.82, 2.24) is 9.55 Å². The number of imidazole rings is 1. The van der Waals surface area contributed by atoms with Crippen LogP contribution >= 0.6 is 23.2 Å². The molecule has 0 aliphatic heterocycles. The summed E-state index contributed by atoms with van der Waals surface area (Å²) in [5.41, 5.74) is 9.34. The maximum Gasteiger partial charge on any atom is 0.127 e. The van der Waals surface area contributed by atoms with Gasteiger partial charge in [0.1, 0.15) is 5.82 Å². The third-order valence-corrected chi connectivity index (χ3v) is 4.52. The second-order valence-corrected chi connectivity index (χ2v) is 6.12. The normalized spacial score (nSPS) is 12.7. The van der Waals surface area contributed by atoms with Gasteiger partial charge in [-0.25, -0.2) is 4.98 Å². The molecule has 3 rings (SSSR count). The largest absolute Gasteiger partial charge is 0.322 e. The van der Waals surface area contributed by atoms with Crippen molar-refractivity contribution in [2.45, 2.75) is 25.9 Å². The average Bonchev–Trinajstić information content (AvgIpc) is 2.89. The molecule has 1 heterocycles. The predicted molar refractivity (Wildman–Crippen MR) is 92.5 cm³/mol. The molecule has 0 aliphatic carbocycles. The van der Waals surface area contributed by atoms with E-state index in [4.69, 9.17) is 33.9 Å². The second kappa shape index (κ2) is 6.29. The molecule has 3 aromatic rings. The summed E-state index contributed by atoms with van der Waals surface area (Å²) in [4.78, 5) is 4.70. The van der Waals surface area contributed by atoms with Gasteiger partial charge in [-0.2, -0.15) is 0 Å². The lowest BCUT2D eigenvalue weighted by molar-refractivity contribution is 0.605. The minimum atomic E-state index is -0.0878. The van der Waals surface area contributed by atoms with Crippen LogP contribution in [0.3, 0.4) is 0 Å². The van der Waals surface area contributed by atoms with Crippen LogP contribution in [0.2, 0.25) is 10.0 Å². The van der Waals surface area contributed by atoms with Crippen molar-refractivity contribution in [1.29, 1.82) is 0 Å². The number of nitrogens with zero attached hydrogens (tertiary/aromatic N) is 2. The number of aromatic nitrogens is 2. The van der Waals surface area contributed by atoms with Crippen LogP contribution < -0.4 is 5.73 Å². The molecule has 0 saturated carbocycles. The summed E-state index contributed by atoms with van der Waals surface area (Å²) in [5, 5.41) is 1.12. The van der Waals surface area contributed by atoms with Crippen LogP contribution in [-0.2, 0) is 6.54 Å². The first-order chi connectivity index (χ1) is 10.6. The number of nitrogens with two attached hydrogens (primary N) is 1. The minimum absolute atomic E-state index is 0.0878. The van der Waals surface area contributed by atoms with Crippen molar-refractivity contribution in [2.24, 2.45) is 5.73 Å². The Kier molecular flexibility index (Phi) is 4.39. The summed E-state index contributed by atoms with van der Waals surface area (Å²) in [6.45, 7) is 2.73. The van der Waals surface area contributed by atoms with Crippen molar-refractivity contribution in [3.8, 4) is 0 Å². The Balaban J connectivity index is 2.09. The van der Waals surface area contributed by atoms with Gasteiger partial charge in [-0.15, -0.1) is 0 Å². The quantitative estimate of drug-likeness (QED) is 0.745. The van der Waals surface area contributed by atoms with Crippen molar-refractivity contribution < 1.29 is 0 Å². The lowest BCUT2D eigenvalue weighted by Crippen LogP contribution is -2.16. The number of rotatable bonds is 4. The van der Waals surface area contributed by atoms with Gasteiger partial charge in [0.15, 0.2) is 0 Å². The first kappa shape index (κ1) is 15.3. The zero-order valence-electron chi connectivity index (χ0n) is 12.3. The Bertz CT molecular complexity index is 811. The smallest absolute Gasteiger partial charge is 0.127 e. The fourth-order valence-corrected chi connectivity index (χ4v) is 2.87. The number of benzene rings is 2. The van der Waals surface area contributed by atoms with Crippen molar-refractivity contribution >= 4 is 34.2 Å². The van der Waals surface area contributed by atoms with E-state index in [-0.39, 0.29) is 6.04 Å². The van der Waals surface area contributed by atoms with Gasteiger partial charge < -0.3 is 10.3 Å². The van der Waals surface area contributed by atoms with Gasteiger partial charge in [-0.1, -0.05) is 48.3 Å². The molecule has 2 N–H and O–H groups in total. The monoisotopic (exact) mass is 333 g/mol. The molecule has 5 heteroatoms. The Morgan fingerprint density at radius 3 is 2.64 bits per heavy atom. The van der Waals surface area contributed by atoms with E-state index in [0.717, 1.165) is 28.8 Å². The third-order valence-electron chi connectivity index (χ3n) is 3.78. The third kappa shape index (κ3) is 2.84. The fourth-order valence-electron chi connectivity index (χ4n) is 2.55. The lowest BCUT2D eigenvalue weighted by Gasteiger charge is -2.14. The molecule has 0 radical (unpaired) electrons. The highest BCUT2D eigenvalue weighted by molar-refractivity contribution is 6.42. The molecular weight excluding hydrogens is 317 g/mol. The molecule has 114 valence electrons.